The van der Waals surface area contributed by atoms with E-state index in [1.807, 2.05) is 0 Å². The molecule has 74 valence electrons. The Morgan fingerprint density at radius 1 is 1.57 bits per heavy atom. The van der Waals surface area contributed by atoms with Crippen LogP contribution in [0.15, 0.2) is 18.2 Å². The summed E-state index contributed by atoms with van der Waals surface area (Å²) in [6, 6.07) is 4.17. The van der Waals surface area contributed by atoms with Crippen LogP contribution in [0, 0.1) is 10.1 Å². The number of hydrogen-bond donors (Lipinski definition) is 1. The van der Waals surface area contributed by atoms with Crippen molar-refractivity contribution < 1.29 is 14.8 Å². The Morgan fingerprint density at radius 3 is 2.64 bits per heavy atom. The number of halogens is 1. The van der Waals surface area contributed by atoms with Crippen molar-refractivity contribution in [1.82, 2.24) is 0 Å². The number of nitro benzene ring substituents is 1. The fraction of sp³-hybridized carbons (Fsp3) is 0.125. The first-order valence-corrected chi connectivity index (χ1v) is 4.75. The lowest BCUT2D eigenvalue weighted by Gasteiger charge is -2.02. The number of carboxylic acid groups (broad SMARTS) is 1. The van der Waals surface area contributed by atoms with Gasteiger partial charge in [-0.05, 0) is 5.56 Å². The highest BCUT2D eigenvalue weighted by atomic mass is 79.9. The maximum Gasteiger partial charge on any atom is 0.343 e. The van der Waals surface area contributed by atoms with E-state index in [0.717, 1.165) is 0 Å². The normalized spacial score (nSPS) is 9.79. The molecule has 0 heterocycles. The molecule has 0 atom stereocenters. The van der Waals surface area contributed by atoms with E-state index < -0.39 is 10.9 Å². The molecular weight excluding hydrogens is 254 g/mol. The maximum absolute atomic E-state index is 10.8. The van der Waals surface area contributed by atoms with E-state index >= 15 is 0 Å². The number of carboxylic acids is 1. The van der Waals surface area contributed by atoms with Gasteiger partial charge >= 0.3 is 5.97 Å². The minimum absolute atomic E-state index is 0.255. The minimum atomic E-state index is -1.29. The molecule has 1 rings (SSSR count). The minimum Gasteiger partial charge on any atom is -0.477 e. The molecule has 5 nitrogen and oxygen atoms in total. The number of hydrogen-bond acceptors (Lipinski definition) is 3. The van der Waals surface area contributed by atoms with Crippen LogP contribution in [0.3, 0.4) is 0 Å². The predicted octanol–water partition coefficient (Wildman–Crippen LogP) is 2.19. The van der Waals surface area contributed by atoms with Gasteiger partial charge in [0.25, 0.3) is 5.69 Å². The van der Waals surface area contributed by atoms with Crippen molar-refractivity contribution in [3.8, 4) is 0 Å². The Hall–Kier alpha value is -1.43. The molecule has 0 saturated heterocycles. The van der Waals surface area contributed by atoms with E-state index in [2.05, 4.69) is 15.9 Å². The highest BCUT2D eigenvalue weighted by molar-refractivity contribution is 9.08. The predicted molar refractivity (Wildman–Crippen MR) is 52.7 cm³/mol. The van der Waals surface area contributed by atoms with Crippen molar-refractivity contribution in [2.45, 2.75) is 5.33 Å². The Bertz CT molecular complexity index is 391. The lowest BCUT2D eigenvalue weighted by molar-refractivity contribution is -0.385. The molecule has 0 aromatic heterocycles. The fourth-order valence-corrected chi connectivity index (χ4v) is 1.56. The highest BCUT2D eigenvalue weighted by Crippen LogP contribution is 2.23. The molecule has 0 aliphatic rings. The SMILES string of the molecule is O=C(O)c1c(CBr)cccc1[N+](=O)[O-]. The van der Waals surface area contributed by atoms with Gasteiger partial charge in [-0.1, -0.05) is 28.1 Å². The van der Waals surface area contributed by atoms with Crippen molar-refractivity contribution in [1.29, 1.82) is 0 Å². The Labute approximate surface area is 87.6 Å². The summed E-state index contributed by atoms with van der Waals surface area (Å²) in [4.78, 5) is 20.6. The number of aromatic carboxylic acids is 1. The quantitative estimate of drug-likeness (QED) is 0.513. The molecule has 1 N–H and O–H groups in total. The third-order valence-electron chi connectivity index (χ3n) is 1.68. The fourth-order valence-electron chi connectivity index (χ4n) is 1.10. The zero-order valence-corrected chi connectivity index (χ0v) is 8.52. The van der Waals surface area contributed by atoms with Gasteiger partial charge in [-0.25, -0.2) is 4.79 Å². The Morgan fingerprint density at radius 2 is 2.21 bits per heavy atom. The third kappa shape index (κ3) is 1.90. The summed E-state index contributed by atoms with van der Waals surface area (Å²) in [7, 11) is 0. The van der Waals surface area contributed by atoms with E-state index in [1.165, 1.54) is 18.2 Å². The average Bonchev–Trinajstić information content (AvgIpc) is 2.16. The second-order valence-electron chi connectivity index (χ2n) is 2.51. The van der Waals surface area contributed by atoms with Crippen LogP contribution in [0.25, 0.3) is 0 Å². The molecule has 0 saturated carbocycles. The molecule has 0 fully saturated rings. The van der Waals surface area contributed by atoms with Crippen LogP contribution in [0.4, 0.5) is 5.69 Å². The second-order valence-corrected chi connectivity index (χ2v) is 3.07. The van der Waals surface area contributed by atoms with E-state index in [0.29, 0.717) is 5.56 Å². The summed E-state index contributed by atoms with van der Waals surface area (Å²) < 4.78 is 0. The average molecular weight is 260 g/mol. The summed E-state index contributed by atoms with van der Waals surface area (Å²) in [5, 5.41) is 19.6. The van der Waals surface area contributed by atoms with Crippen LogP contribution in [-0.4, -0.2) is 16.0 Å². The standard InChI is InChI=1S/C8H6BrNO4/c9-4-5-2-1-3-6(10(13)14)7(5)8(11)12/h1-3H,4H2,(H,11,12). The Balaban J connectivity index is 3.43. The summed E-state index contributed by atoms with van der Waals surface area (Å²) in [5.41, 5.74) is -0.240. The molecule has 0 spiro atoms. The first kappa shape index (κ1) is 10.6. The molecule has 1 aromatic carbocycles. The van der Waals surface area contributed by atoms with Crippen LogP contribution in [0.2, 0.25) is 0 Å². The van der Waals surface area contributed by atoms with Gasteiger partial charge in [-0.2, -0.15) is 0 Å². The molecule has 0 unspecified atom stereocenters. The van der Waals surface area contributed by atoms with Crippen molar-refractivity contribution in [3.63, 3.8) is 0 Å². The van der Waals surface area contributed by atoms with Gasteiger partial charge in [-0.3, -0.25) is 10.1 Å². The van der Waals surface area contributed by atoms with E-state index in [-0.39, 0.29) is 16.6 Å². The first-order chi connectivity index (χ1) is 6.57. The monoisotopic (exact) mass is 259 g/mol. The number of alkyl halides is 1. The van der Waals surface area contributed by atoms with E-state index in [4.69, 9.17) is 5.11 Å². The molecule has 14 heavy (non-hydrogen) atoms. The molecule has 1 aromatic rings. The van der Waals surface area contributed by atoms with Crippen molar-refractivity contribution in [3.05, 3.63) is 39.4 Å². The summed E-state index contributed by atoms with van der Waals surface area (Å²) >= 11 is 3.07. The first-order valence-electron chi connectivity index (χ1n) is 3.63. The van der Waals surface area contributed by atoms with Gasteiger partial charge in [0.05, 0.1) is 4.92 Å². The number of benzene rings is 1. The van der Waals surface area contributed by atoms with Gasteiger partial charge in [-0.15, -0.1) is 0 Å². The summed E-state index contributed by atoms with van der Waals surface area (Å²) in [6.45, 7) is 0. The molecule has 6 heteroatoms. The molecule has 0 aliphatic heterocycles. The van der Waals surface area contributed by atoms with Gasteiger partial charge in [0.2, 0.25) is 0 Å². The van der Waals surface area contributed by atoms with Crippen molar-refractivity contribution >= 4 is 27.6 Å². The van der Waals surface area contributed by atoms with Crippen LogP contribution < -0.4 is 0 Å². The number of nitro groups is 1. The lowest BCUT2D eigenvalue weighted by atomic mass is 10.1. The summed E-state index contributed by atoms with van der Waals surface area (Å²) in [5.74, 6) is -1.29. The Kier molecular flexibility index (Phi) is 3.19. The molecule has 0 aliphatic carbocycles. The van der Waals surface area contributed by atoms with Crippen LogP contribution in [0.5, 0.6) is 0 Å². The molecule has 0 radical (unpaired) electrons. The van der Waals surface area contributed by atoms with Gasteiger partial charge in [0, 0.05) is 11.4 Å². The van der Waals surface area contributed by atoms with E-state index in [9.17, 15) is 14.9 Å². The van der Waals surface area contributed by atoms with Gasteiger partial charge in [0.1, 0.15) is 5.56 Å². The summed E-state index contributed by atoms with van der Waals surface area (Å²) in [6.07, 6.45) is 0. The van der Waals surface area contributed by atoms with Gasteiger partial charge < -0.3 is 5.11 Å². The van der Waals surface area contributed by atoms with Crippen molar-refractivity contribution in [2.24, 2.45) is 0 Å². The second kappa shape index (κ2) is 4.19. The third-order valence-corrected chi connectivity index (χ3v) is 2.29. The highest BCUT2D eigenvalue weighted by Gasteiger charge is 2.22. The van der Waals surface area contributed by atoms with Crippen LogP contribution >= 0.6 is 15.9 Å². The largest absolute Gasteiger partial charge is 0.477 e. The zero-order valence-electron chi connectivity index (χ0n) is 6.94. The van der Waals surface area contributed by atoms with Gasteiger partial charge in [0.15, 0.2) is 0 Å². The van der Waals surface area contributed by atoms with Crippen LogP contribution in [-0.2, 0) is 5.33 Å². The smallest absolute Gasteiger partial charge is 0.343 e. The molecular formula is C8H6BrNO4. The molecule has 0 amide bonds. The lowest BCUT2D eigenvalue weighted by Crippen LogP contribution is -2.05. The zero-order chi connectivity index (χ0) is 10.7. The van der Waals surface area contributed by atoms with E-state index in [1.54, 1.807) is 0 Å². The maximum atomic E-state index is 10.8. The molecule has 0 bridgehead atoms. The van der Waals surface area contributed by atoms with Crippen LogP contribution in [0.1, 0.15) is 15.9 Å². The topological polar surface area (TPSA) is 80.4 Å². The number of rotatable bonds is 3. The number of carbonyl (C=O) groups is 1. The number of nitrogens with zero attached hydrogens (tertiary/aromatic N) is 1. The van der Waals surface area contributed by atoms with Crippen molar-refractivity contribution in [2.75, 3.05) is 0 Å².